The van der Waals surface area contributed by atoms with Gasteiger partial charge in [-0.1, -0.05) is 0 Å². The zero-order valence-corrected chi connectivity index (χ0v) is 16.2. The molecule has 7 heteroatoms. The average molecular weight is 358 g/mol. The van der Waals surface area contributed by atoms with Crippen molar-refractivity contribution in [3.8, 4) is 0 Å². The smallest absolute Gasteiger partial charge is 0.308 e. The Balaban J connectivity index is -0.000000108. The Hall–Kier alpha value is -1.06. The van der Waals surface area contributed by atoms with Crippen LogP contribution in [0.1, 0.15) is 62.3 Å². The Bertz CT molecular complexity index is 299. The summed E-state index contributed by atoms with van der Waals surface area (Å²) < 4.78 is 0. The van der Waals surface area contributed by atoms with Crippen LogP contribution in [0.15, 0.2) is 0 Å². The number of carboxylic acids is 3. The molecule has 0 saturated carbocycles. The summed E-state index contributed by atoms with van der Waals surface area (Å²) in [7, 11) is 0. The summed E-state index contributed by atoms with van der Waals surface area (Å²) >= 11 is 0. The van der Waals surface area contributed by atoms with E-state index in [4.69, 9.17) is 15.3 Å². The van der Waals surface area contributed by atoms with Crippen LogP contribution in [-0.4, -0.2) is 33.2 Å². The van der Waals surface area contributed by atoms with E-state index in [2.05, 4.69) is 0 Å². The molecular weight excluding hydrogens is 328 g/mol. The number of aliphatic carboxylic acids is 3. The van der Waals surface area contributed by atoms with E-state index in [1.165, 1.54) is 0 Å². The van der Waals surface area contributed by atoms with Gasteiger partial charge >= 0.3 is 17.9 Å². The average Bonchev–Trinajstić information content (AvgIpc) is 2.14. The van der Waals surface area contributed by atoms with Crippen LogP contribution in [0.3, 0.4) is 0 Å². The van der Waals surface area contributed by atoms with Crippen molar-refractivity contribution in [1.82, 2.24) is 0 Å². The normalized spacial score (nSPS) is 10.8. The molecule has 0 spiro atoms. The van der Waals surface area contributed by atoms with Gasteiger partial charge in [0.25, 0.3) is 0 Å². The van der Waals surface area contributed by atoms with E-state index < -0.39 is 34.2 Å². The first-order valence-electron chi connectivity index (χ1n) is 6.53. The van der Waals surface area contributed by atoms with Gasteiger partial charge in [0.05, 0.1) is 16.2 Å². The molecule has 0 aliphatic heterocycles. The van der Waals surface area contributed by atoms with E-state index in [9.17, 15) is 14.4 Å². The first-order chi connectivity index (χ1) is 8.83. The summed E-state index contributed by atoms with van der Waals surface area (Å²) in [5.74, 6) is -2.27. The molecule has 0 aromatic carbocycles. The van der Waals surface area contributed by atoms with E-state index in [1.54, 1.807) is 62.3 Å². The quantitative estimate of drug-likeness (QED) is 0.612. The number of carboxylic acid groups (broad SMARTS) is 3. The summed E-state index contributed by atoms with van der Waals surface area (Å²) in [6, 6.07) is 0. The SMILES string of the molecule is CC(C)(C)C(=O)O.CC(C)(C)C(=O)O.CC(C)(C)C(=O)O.[Cr]. The minimum absolute atomic E-state index is 0. The second kappa shape index (κ2) is 10.6. The van der Waals surface area contributed by atoms with Gasteiger partial charge in [-0.15, -0.1) is 0 Å². The topological polar surface area (TPSA) is 112 Å². The van der Waals surface area contributed by atoms with Crippen molar-refractivity contribution in [2.45, 2.75) is 62.3 Å². The van der Waals surface area contributed by atoms with Gasteiger partial charge < -0.3 is 15.3 Å². The standard InChI is InChI=1S/3C5H10O2.Cr/c3*1-5(2,3)4(6)7;/h3*1-3H3,(H,6,7);. The van der Waals surface area contributed by atoms with Crippen molar-refractivity contribution in [2.24, 2.45) is 16.2 Å². The van der Waals surface area contributed by atoms with Crippen LogP contribution in [0, 0.1) is 16.2 Å². The molecule has 0 heterocycles. The van der Waals surface area contributed by atoms with Gasteiger partial charge in [0.15, 0.2) is 0 Å². The molecule has 0 bridgehead atoms. The molecule has 0 aromatic rings. The van der Waals surface area contributed by atoms with Crippen molar-refractivity contribution in [3.05, 3.63) is 0 Å². The summed E-state index contributed by atoms with van der Waals surface area (Å²) in [4.78, 5) is 30.1. The molecule has 22 heavy (non-hydrogen) atoms. The fraction of sp³-hybridized carbons (Fsp3) is 0.800. The number of hydrogen-bond acceptors (Lipinski definition) is 3. The maximum Gasteiger partial charge on any atom is 0.308 e. The van der Waals surface area contributed by atoms with Gasteiger partial charge in [0, 0.05) is 17.4 Å². The maximum atomic E-state index is 10.0. The first kappa shape index (κ1) is 29.0. The molecule has 0 fully saturated rings. The molecule has 3 N–H and O–H groups in total. The Morgan fingerprint density at radius 3 is 0.545 bits per heavy atom. The minimum Gasteiger partial charge on any atom is -0.481 e. The van der Waals surface area contributed by atoms with Crippen molar-refractivity contribution >= 4 is 17.9 Å². The molecule has 0 radical (unpaired) electrons. The van der Waals surface area contributed by atoms with E-state index in [-0.39, 0.29) is 17.4 Å². The van der Waals surface area contributed by atoms with E-state index >= 15 is 0 Å². The molecule has 0 saturated heterocycles. The third kappa shape index (κ3) is 21.2. The minimum atomic E-state index is -0.757. The van der Waals surface area contributed by atoms with Gasteiger partial charge in [-0.25, -0.2) is 0 Å². The third-order valence-electron chi connectivity index (χ3n) is 1.92. The second-order valence-corrected chi connectivity index (χ2v) is 7.67. The van der Waals surface area contributed by atoms with E-state index in [0.29, 0.717) is 0 Å². The number of carbonyl (C=O) groups is 3. The largest absolute Gasteiger partial charge is 0.481 e. The van der Waals surface area contributed by atoms with Crippen LogP contribution < -0.4 is 0 Å². The van der Waals surface area contributed by atoms with Crippen molar-refractivity contribution in [2.75, 3.05) is 0 Å². The van der Waals surface area contributed by atoms with Gasteiger partial charge in [-0.05, 0) is 62.3 Å². The summed E-state index contributed by atoms with van der Waals surface area (Å²) in [5, 5.41) is 24.8. The van der Waals surface area contributed by atoms with Crippen molar-refractivity contribution in [1.29, 1.82) is 0 Å². The van der Waals surface area contributed by atoms with Crippen molar-refractivity contribution < 1.29 is 47.1 Å². The Kier molecular flexibility index (Phi) is 14.0. The van der Waals surface area contributed by atoms with Gasteiger partial charge in [0.2, 0.25) is 0 Å². The Morgan fingerprint density at radius 2 is 0.545 bits per heavy atom. The van der Waals surface area contributed by atoms with Crippen LogP contribution in [0.5, 0.6) is 0 Å². The molecule has 0 aromatic heterocycles. The van der Waals surface area contributed by atoms with Crippen molar-refractivity contribution in [3.63, 3.8) is 0 Å². The molecule has 0 rings (SSSR count). The molecule has 0 amide bonds. The van der Waals surface area contributed by atoms with Crippen LogP contribution in [0.2, 0.25) is 0 Å². The van der Waals surface area contributed by atoms with Gasteiger partial charge in [0.1, 0.15) is 0 Å². The molecule has 0 unspecified atom stereocenters. The molecule has 0 aliphatic carbocycles. The Morgan fingerprint density at radius 1 is 0.500 bits per heavy atom. The van der Waals surface area contributed by atoms with E-state index in [1.807, 2.05) is 0 Å². The molecular formula is C15H30CrO6. The fourth-order valence-electron chi connectivity index (χ4n) is 0. The molecule has 132 valence electrons. The Labute approximate surface area is 144 Å². The molecule has 0 aliphatic rings. The van der Waals surface area contributed by atoms with Crippen LogP contribution in [-0.2, 0) is 31.7 Å². The van der Waals surface area contributed by atoms with Gasteiger partial charge in [-0.3, -0.25) is 14.4 Å². The van der Waals surface area contributed by atoms with Gasteiger partial charge in [-0.2, -0.15) is 0 Å². The predicted octanol–water partition coefficient (Wildman–Crippen LogP) is 3.35. The second-order valence-electron chi connectivity index (χ2n) is 7.67. The summed E-state index contributed by atoms with van der Waals surface area (Å²) in [5.41, 5.74) is -1.75. The van der Waals surface area contributed by atoms with E-state index in [0.717, 1.165) is 0 Å². The summed E-state index contributed by atoms with van der Waals surface area (Å²) in [6.07, 6.45) is 0. The fourth-order valence-corrected chi connectivity index (χ4v) is 0. The van der Waals surface area contributed by atoms with Crippen LogP contribution >= 0.6 is 0 Å². The van der Waals surface area contributed by atoms with Crippen LogP contribution in [0.4, 0.5) is 0 Å². The summed E-state index contributed by atoms with van der Waals surface area (Å²) in [6.45, 7) is 15.0. The molecule has 0 atom stereocenters. The predicted molar refractivity (Wildman–Crippen MR) is 81.3 cm³/mol. The monoisotopic (exact) mass is 358 g/mol. The first-order valence-corrected chi connectivity index (χ1v) is 6.53. The maximum absolute atomic E-state index is 10.0. The van der Waals surface area contributed by atoms with Crippen LogP contribution in [0.25, 0.3) is 0 Å². The number of hydrogen-bond donors (Lipinski definition) is 3. The zero-order chi connectivity index (χ0) is 18.2. The third-order valence-corrected chi connectivity index (χ3v) is 1.92. The molecule has 6 nitrogen and oxygen atoms in total. The zero-order valence-electron chi connectivity index (χ0n) is 15.0. The number of rotatable bonds is 0.